The van der Waals surface area contributed by atoms with Crippen molar-refractivity contribution in [2.24, 2.45) is 0 Å². The Morgan fingerprint density at radius 2 is 2.11 bits per heavy atom. The van der Waals surface area contributed by atoms with Crippen LogP contribution in [0.15, 0.2) is 29.2 Å². The molecule has 1 rings (SSSR count). The van der Waals surface area contributed by atoms with Gasteiger partial charge in [0.25, 0.3) is 0 Å². The molecule has 1 aromatic carbocycles. The molecule has 19 heavy (non-hydrogen) atoms. The van der Waals surface area contributed by atoms with Crippen LogP contribution in [0.2, 0.25) is 0 Å². The number of hydrogen-bond acceptors (Lipinski definition) is 3. The monoisotopic (exact) mass is 281 g/mol. The fraction of sp³-hybridized carbons (Fsp3) is 0.625. The molecule has 2 nitrogen and oxygen atoms in total. The normalized spacial score (nSPS) is 10.8. The lowest BCUT2D eigenvalue weighted by Crippen LogP contribution is -2.18. The second kappa shape index (κ2) is 11.3. The van der Waals surface area contributed by atoms with Crippen LogP contribution in [0.5, 0.6) is 0 Å². The van der Waals surface area contributed by atoms with Crippen molar-refractivity contribution >= 4 is 11.8 Å². The molecule has 0 aliphatic carbocycles. The highest BCUT2D eigenvalue weighted by Gasteiger charge is 1.97. The summed E-state index contributed by atoms with van der Waals surface area (Å²) in [6, 6.07) is 8.84. The topological polar surface area (TPSA) is 21.3 Å². The van der Waals surface area contributed by atoms with Gasteiger partial charge < -0.3 is 10.1 Å². The lowest BCUT2D eigenvalue weighted by Gasteiger charge is -2.07. The molecule has 1 N–H and O–H groups in total. The predicted octanol–water partition coefficient (Wildman–Crippen LogP) is 4.10. The molecule has 0 bridgehead atoms. The van der Waals surface area contributed by atoms with Crippen molar-refractivity contribution in [3.05, 3.63) is 29.8 Å². The molecule has 0 unspecified atom stereocenters. The molecule has 108 valence electrons. The third kappa shape index (κ3) is 8.30. The van der Waals surface area contributed by atoms with E-state index < -0.39 is 0 Å². The van der Waals surface area contributed by atoms with Crippen LogP contribution in [0.1, 0.15) is 38.2 Å². The van der Waals surface area contributed by atoms with E-state index in [4.69, 9.17) is 4.74 Å². The molecule has 0 fully saturated rings. The van der Waals surface area contributed by atoms with Gasteiger partial charge in [0.1, 0.15) is 0 Å². The molecule has 0 saturated heterocycles. The van der Waals surface area contributed by atoms with Gasteiger partial charge in [0.2, 0.25) is 0 Å². The standard InChI is InChI=1S/C16H27NOS/c1-3-4-5-6-12-19-16-9-7-8-15(13-16)14-17-10-11-18-2/h7-9,13,17H,3-6,10-12,14H2,1-2H3. The predicted molar refractivity (Wildman–Crippen MR) is 84.9 cm³/mol. The van der Waals surface area contributed by atoms with Crippen molar-refractivity contribution in [2.75, 3.05) is 26.0 Å². The number of rotatable bonds is 11. The quantitative estimate of drug-likeness (QED) is 0.487. The van der Waals surface area contributed by atoms with Crippen molar-refractivity contribution in [3.8, 4) is 0 Å². The van der Waals surface area contributed by atoms with Crippen LogP contribution >= 0.6 is 11.8 Å². The molecule has 0 heterocycles. The zero-order valence-corrected chi connectivity index (χ0v) is 13.1. The maximum Gasteiger partial charge on any atom is 0.0587 e. The van der Waals surface area contributed by atoms with Gasteiger partial charge in [-0.15, -0.1) is 11.8 Å². The number of nitrogens with one attached hydrogen (secondary N) is 1. The van der Waals surface area contributed by atoms with Crippen LogP contribution < -0.4 is 5.32 Å². The minimum absolute atomic E-state index is 0.770. The number of hydrogen-bond donors (Lipinski definition) is 1. The first-order valence-electron chi connectivity index (χ1n) is 7.28. The number of methoxy groups -OCH3 is 1. The van der Waals surface area contributed by atoms with Gasteiger partial charge >= 0.3 is 0 Å². The summed E-state index contributed by atoms with van der Waals surface area (Å²) in [6.07, 6.45) is 5.37. The van der Waals surface area contributed by atoms with Gasteiger partial charge in [-0.05, 0) is 29.9 Å². The van der Waals surface area contributed by atoms with E-state index in [2.05, 4.69) is 36.5 Å². The van der Waals surface area contributed by atoms with Gasteiger partial charge in [-0.1, -0.05) is 38.3 Å². The van der Waals surface area contributed by atoms with Crippen molar-refractivity contribution < 1.29 is 4.74 Å². The minimum atomic E-state index is 0.770. The van der Waals surface area contributed by atoms with Crippen molar-refractivity contribution in [1.29, 1.82) is 0 Å². The molecule has 0 aromatic heterocycles. The highest BCUT2D eigenvalue weighted by atomic mass is 32.2. The van der Waals surface area contributed by atoms with E-state index in [0.29, 0.717) is 0 Å². The number of unbranched alkanes of at least 4 members (excludes halogenated alkanes) is 3. The van der Waals surface area contributed by atoms with Crippen LogP contribution in [0.4, 0.5) is 0 Å². The Kier molecular flexibility index (Phi) is 9.86. The van der Waals surface area contributed by atoms with Crippen LogP contribution in [-0.2, 0) is 11.3 Å². The first kappa shape index (κ1) is 16.5. The van der Waals surface area contributed by atoms with Gasteiger partial charge in [-0.2, -0.15) is 0 Å². The van der Waals surface area contributed by atoms with Crippen molar-refractivity contribution in [1.82, 2.24) is 5.32 Å². The molecule has 0 saturated carbocycles. The second-order valence-corrected chi connectivity index (χ2v) is 5.89. The Morgan fingerprint density at radius 3 is 2.89 bits per heavy atom. The summed E-state index contributed by atoms with van der Waals surface area (Å²) in [6.45, 7) is 4.86. The molecule has 0 spiro atoms. The third-order valence-corrected chi connectivity index (χ3v) is 4.06. The zero-order valence-electron chi connectivity index (χ0n) is 12.3. The van der Waals surface area contributed by atoms with E-state index in [1.54, 1.807) is 7.11 Å². The second-order valence-electron chi connectivity index (χ2n) is 4.73. The molecule has 3 heteroatoms. The SMILES string of the molecule is CCCCCCSc1cccc(CNCCOC)c1. The highest BCUT2D eigenvalue weighted by Crippen LogP contribution is 2.20. The van der Waals surface area contributed by atoms with Crippen molar-refractivity contribution in [3.63, 3.8) is 0 Å². The smallest absolute Gasteiger partial charge is 0.0587 e. The largest absolute Gasteiger partial charge is 0.383 e. The first-order valence-corrected chi connectivity index (χ1v) is 8.26. The fourth-order valence-corrected chi connectivity index (χ4v) is 2.86. The van der Waals surface area contributed by atoms with Gasteiger partial charge in [0.15, 0.2) is 0 Å². The Labute approximate surface area is 122 Å². The molecule has 0 aliphatic rings. The molecule has 0 amide bonds. The molecular weight excluding hydrogens is 254 g/mol. The lowest BCUT2D eigenvalue weighted by atomic mass is 10.2. The maximum absolute atomic E-state index is 5.02. The number of thioether (sulfide) groups is 1. The average molecular weight is 281 g/mol. The summed E-state index contributed by atoms with van der Waals surface area (Å²) < 4.78 is 5.02. The minimum Gasteiger partial charge on any atom is -0.383 e. The van der Waals surface area contributed by atoms with Crippen LogP contribution in [0, 0.1) is 0 Å². The summed E-state index contributed by atoms with van der Waals surface area (Å²) in [5, 5.41) is 3.38. The average Bonchev–Trinajstić information content (AvgIpc) is 2.44. The summed E-state index contributed by atoms with van der Waals surface area (Å²) >= 11 is 1.98. The Bertz CT molecular complexity index is 330. The number of benzene rings is 1. The summed E-state index contributed by atoms with van der Waals surface area (Å²) in [5.41, 5.74) is 1.36. The maximum atomic E-state index is 5.02. The molecule has 0 aliphatic heterocycles. The Hall–Kier alpha value is -0.510. The van der Waals surface area contributed by atoms with Gasteiger partial charge in [0, 0.05) is 25.1 Å². The fourth-order valence-electron chi connectivity index (χ4n) is 1.87. The van der Waals surface area contributed by atoms with E-state index in [-0.39, 0.29) is 0 Å². The summed E-state index contributed by atoms with van der Waals surface area (Å²) in [5.74, 6) is 1.24. The Balaban J connectivity index is 2.23. The molecule has 0 atom stereocenters. The lowest BCUT2D eigenvalue weighted by molar-refractivity contribution is 0.199. The van der Waals surface area contributed by atoms with E-state index in [1.807, 2.05) is 11.8 Å². The van der Waals surface area contributed by atoms with E-state index in [9.17, 15) is 0 Å². The van der Waals surface area contributed by atoms with Crippen LogP contribution in [-0.4, -0.2) is 26.0 Å². The third-order valence-electron chi connectivity index (χ3n) is 2.98. The van der Waals surface area contributed by atoms with Gasteiger partial charge in [-0.25, -0.2) is 0 Å². The van der Waals surface area contributed by atoms with E-state index >= 15 is 0 Å². The molecular formula is C16H27NOS. The van der Waals surface area contributed by atoms with Crippen LogP contribution in [0.25, 0.3) is 0 Å². The molecule has 0 radical (unpaired) electrons. The number of ether oxygens (including phenoxy) is 1. The zero-order chi connectivity index (χ0) is 13.8. The van der Waals surface area contributed by atoms with Gasteiger partial charge in [-0.3, -0.25) is 0 Å². The molecule has 1 aromatic rings. The highest BCUT2D eigenvalue weighted by molar-refractivity contribution is 7.99. The Morgan fingerprint density at radius 1 is 1.21 bits per heavy atom. The summed E-state index contributed by atoms with van der Waals surface area (Å²) in [7, 11) is 1.73. The van der Waals surface area contributed by atoms with E-state index in [0.717, 1.165) is 19.7 Å². The summed E-state index contributed by atoms with van der Waals surface area (Å²) in [4.78, 5) is 1.39. The van der Waals surface area contributed by atoms with E-state index in [1.165, 1.54) is 41.9 Å². The van der Waals surface area contributed by atoms with Gasteiger partial charge in [0.05, 0.1) is 6.61 Å². The van der Waals surface area contributed by atoms with Crippen molar-refractivity contribution in [2.45, 2.75) is 44.0 Å². The first-order chi connectivity index (χ1) is 9.36. The van der Waals surface area contributed by atoms with Crippen LogP contribution in [0.3, 0.4) is 0 Å².